The maximum atomic E-state index is 13.3. The van der Waals surface area contributed by atoms with E-state index in [1.165, 1.54) is 43.1 Å². The van der Waals surface area contributed by atoms with Gasteiger partial charge in [-0.15, -0.1) is 11.8 Å². The van der Waals surface area contributed by atoms with Gasteiger partial charge in [-0.25, -0.2) is 18.9 Å². The minimum atomic E-state index is -4.06. The number of rotatable bonds is 10. The van der Waals surface area contributed by atoms with Gasteiger partial charge in [0.05, 0.1) is 10.6 Å². The van der Waals surface area contributed by atoms with Crippen molar-refractivity contribution in [2.24, 2.45) is 7.05 Å². The number of amides is 1. The van der Waals surface area contributed by atoms with Crippen LogP contribution < -0.4 is 10.2 Å². The van der Waals surface area contributed by atoms with Crippen LogP contribution in [0.1, 0.15) is 12.7 Å². The maximum absolute atomic E-state index is 13.3. The van der Waals surface area contributed by atoms with Gasteiger partial charge >= 0.3 is 0 Å². The fraction of sp³-hybridized carbons (Fsp3) is 0.273. The van der Waals surface area contributed by atoms with Crippen molar-refractivity contribution in [3.05, 3.63) is 71.8 Å². The number of ether oxygens (including phenoxy) is 1. The Morgan fingerprint density at radius 2 is 1.79 bits per heavy atom. The molecule has 0 bridgehead atoms. The largest absolute Gasteiger partial charge is 0.457 e. The smallest absolute Gasteiger partial charge is 0.262 e. The molecular formula is C22H25ClN4O5S2. The standard InChI is InChI=1S/C22H25ClN4O5S2/c1-15(33-14-20-24-12-13-26(20)2)21(22(28)25-29)27(3)34(30,31)19-10-8-18(9-11-19)32-17-6-4-16(23)5-7-17/h4-13,15,21,29H,14H2,1-3H3,(H,25,28)/t15-,21-/m1/s1. The zero-order valence-corrected chi connectivity index (χ0v) is 21.1. The summed E-state index contributed by atoms with van der Waals surface area (Å²) in [7, 11) is -0.899. The SMILES string of the molecule is C[C@@H](SCc1nccn1C)[C@H](C(=O)NO)N(C)S(=O)(=O)c1ccc(Oc2ccc(Cl)cc2)cc1. The second kappa shape index (κ2) is 11.2. The summed E-state index contributed by atoms with van der Waals surface area (Å²) in [6.07, 6.45) is 3.46. The molecule has 2 aromatic carbocycles. The number of benzene rings is 2. The molecule has 0 aliphatic carbocycles. The number of nitrogens with one attached hydrogen (secondary N) is 1. The quantitative estimate of drug-likeness (QED) is 0.307. The summed E-state index contributed by atoms with van der Waals surface area (Å²) in [4.78, 5) is 16.7. The van der Waals surface area contributed by atoms with Crippen molar-refractivity contribution in [1.29, 1.82) is 0 Å². The summed E-state index contributed by atoms with van der Waals surface area (Å²) >= 11 is 7.23. The van der Waals surface area contributed by atoms with E-state index in [2.05, 4.69) is 4.98 Å². The van der Waals surface area contributed by atoms with Gasteiger partial charge in [0.15, 0.2) is 0 Å². The van der Waals surface area contributed by atoms with Crippen LogP contribution in [0, 0.1) is 0 Å². The summed E-state index contributed by atoms with van der Waals surface area (Å²) in [6, 6.07) is 11.4. The van der Waals surface area contributed by atoms with Crippen LogP contribution >= 0.6 is 23.4 Å². The first-order valence-electron chi connectivity index (χ1n) is 10.2. The molecule has 0 radical (unpaired) electrons. The highest BCUT2D eigenvalue weighted by Gasteiger charge is 2.37. The number of aromatic nitrogens is 2. The molecule has 0 saturated carbocycles. The van der Waals surface area contributed by atoms with Crippen LogP contribution in [0.15, 0.2) is 65.8 Å². The highest BCUT2D eigenvalue weighted by atomic mass is 35.5. The molecule has 9 nitrogen and oxygen atoms in total. The van der Waals surface area contributed by atoms with Crippen LogP contribution in [-0.2, 0) is 27.6 Å². The van der Waals surface area contributed by atoms with Crippen LogP contribution in [0.3, 0.4) is 0 Å². The molecule has 0 fully saturated rings. The molecule has 2 atom stereocenters. The van der Waals surface area contributed by atoms with Gasteiger partial charge in [-0.1, -0.05) is 18.5 Å². The number of hydroxylamine groups is 1. The molecule has 0 spiro atoms. The lowest BCUT2D eigenvalue weighted by Gasteiger charge is -2.30. The Morgan fingerprint density at radius 3 is 2.32 bits per heavy atom. The number of thioether (sulfide) groups is 1. The molecule has 0 aliphatic heterocycles. The second-order valence-electron chi connectivity index (χ2n) is 7.44. The zero-order valence-electron chi connectivity index (χ0n) is 18.8. The molecule has 0 aliphatic rings. The first-order valence-corrected chi connectivity index (χ1v) is 13.0. The number of likely N-dealkylation sites (N-methyl/N-ethyl adjacent to an activating group) is 1. The molecule has 3 aromatic rings. The van der Waals surface area contributed by atoms with Gasteiger partial charge in [-0.05, 0) is 48.5 Å². The van der Waals surface area contributed by atoms with Crippen molar-refractivity contribution in [3.63, 3.8) is 0 Å². The molecule has 0 saturated heterocycles. The van der Waals surface area contributed by atoms with Crippen molar-refractivity contribution < 1.29 is 23.2 Å². The summed E-state index contributed by atoms with van der Waals surface area (Å²) in [5.74, 6) is 1.41. The molecule has 12 heteroatoms. The van der Waals surface area contributed by atoms with E-state index >= 15 is 0 Å². The van der Waals surface area contributed by atoms with Gasteiger partial charge in [-0.3, -0.25) is 10.0 Å². The predicted octanol–water partition coefficient (Wildman–Crippen LogP) is 3.68. The maximum Gasteiger partial charge on any atom is 0.262 e. The summed E-state index contributed by atoms with van der Waals surface area (Å²) < 4.78 is 35.1. The number of sulfonamides is 1. The lowest BCUT2D eigenvalue weighted by Crippen LogP contribution is -2.51. The second-order valence-corrected chi connectivity index (χ2v) is 11.2. The Bertz CT molecular complexity index is 1220. The average Bonchev–Trinajstić information content (AvgIpc) is 3.24. The van der Waals surface area contributed by atoms with Gasteiger partial charge in [0.1, 0.15) is 23.4 Å². The lowest BCUT2D eigenvalue weighted by molar-refractivity contribution is -0.132. The van der Waals surface area contributed by atoms with Crippen molar-refractivity contribution in [2.75, 3.05) is 7.05 Å². The Kier molecular flexibility index (Phi) is 8.61. The third-order valence-electron chi connectivity index (χ3n) is 5.16. The molecule has 182 valence electrons. The van der Waals surface area contributed by atoms with Crippen molar-refractivity contribution >= 4 is 39.3 Å². The Hall–Kier alpha value is -2.57. The molecule has 1 amide bonds. The molecular weight excluding hydrogens is 500 g/mol. The number of hydrogen-bond acceptors (Lipinski definition) is 7. The van der Waals surface area contributed by atoms with E-state index in [9.17, 15) is 18.4 Å². The minimum absolute atomic E-state index is 0.0181. The Balaban J connectivity index is 1.76. The number of nitrogens with zero attached hydrogens (tertiary/aromatic N) is 3. The number of carbonyl (C=O) groups is 1. The van der Waals surface area contributed by atoms with Gasteiger partial charge < -0.3 is 9.30 Å². The minimum Gasteiger partial charge on any atom is -0.457 e. The fourth-order valence-electron chi connectivity index (χ4n) is 3.21. The summed E-state index contributed by atoms with van der Waals surface area (Å²) in [6.45, 7) is 1.72. The van der Waals surface area contributed by atoms with Gasteiger partial charge in [0.25, 0.3) is 5.91 Å². The predicted molar refractivity (Wildman–Crippen MR) is 131 cm³/mol. The van der Waals surface area contributed by atoms with E-state index in [1.807, 2.05) is 11.6 Å². The van der Waals surface area contributed by atoms with E-state index < -0.39 is 27.2 Å². The molecule has 0 unspecified atom stereocenters. The van der Waals surface area contributed by atoms with E-state index in [0.29, 0.717) is 22.3 Å². The number of hydrogen-bond donors (Lipinski definition) is 2. The molecule has 1 heterocycles. The molecule has 3 rings (SSSR count). The summed E-state index contributed by atoms with van der Waals surface area (Å²) in [5.41, 5.74) is 1.59. The van der Waals surface area contributed by atoms with Crippen LogP contribution in [0.5, 0.6) is 11.5 Å². The number of halogens is 1. The van der Waals surface area contributed by atoms with Crippen molar-refractivity contribution in [2.45, 2.75) is 28.9 Å². The monoisotopic (exact) mass is 524 g/mol. The normalized spacial score (nSPS) is 13.5. The third-order valence-corrected chi connectivity index (χ3v) is 8.48. The van der Waals surface area contributed by atoms with Crippen LogP contribution in [0.2, 0.25) is 5.02 Å². The van der Waals surface area contributed by atoms with Crippen molar-refractivity contribution in [1.82, 2.24) is 19.3 Å². The summed E-state index contributed by atoms with van der Waals surface area (Å²) in [5, 5.41) is 9.34. The van der Waals surface area contributed by atoms with Crippen molar-refractivity contribution in [3.8, 4) is 11.5 Å². The van der Waals surface area contributed by atoms with Crippen LogP contribution in [0.4, 0.5) is 0 Å². The Morgan fingerprint density at radius 1 is 1.21 bits per heavy atom. The van der Waals surface area contributed by atoms with Gasteiger partial charge in [-0.2, -0.15) is 4.31 Å². The Labute approximate surface area is 207 Å². The highest BCUT2D eigenvalue weighted by molar-refractivity contribution is 7.99. The van der Waals surface area contributed by atoms with Crippen LogP contribution in [-0.4, -0.2) is 51.7 Å². The molecule has 1 aromatic heterocycles. The number of aryl methyl sites for hydroxylation is 1. The van der Waals surface area contributed by atoms with E-state index in [4.69, 9.17) is 16.3 Å². The number of imidazole rings is 1. The average molecular weight is 525 g/mol. The zero-order chi connectivity index (χ0) is 24.9. The molecule has 34 heavy (non-hydrogen) atoms. The van der Waals surface area contributed by atoms with E-state index in [1.54, 1.807) is 49.1 Å². The first-order chi connectivity index (χ1) is 16.1. The topological polar surface area (TPSA) is 114 Å². The van der Waals surface area contributed by atoms with Gasteiger partial charge in [0.2, 0.25) is 10.0 Å². The number of carbonyl (C=O) groups excluding carboxylic acids is 1. The third kappa shape index (κ3) is 6.10. The fourth-order valence-corrected chi connectivity index (χ4v) is 5.98. The van der Waals surface area contributed by atoms with E-state index in [-0.39, 0.29) is 4.90 Å². The highest BCUT2D eigenvalue weighted by Crippen LogP contribution is 2.28. The lowest BCUT2D eigenvalue weighted by atomic mass is 10.2. The first kappa shape index (κ1) is 26.0. The van der Waals surface area contributed by atoms with Gasteiger partial charge in [0, 0.05) is 36.8 Å². The molecule has 2 N–H and O–H groups in total. The van der Waals surface area contributed by atoms with E-state index in [0.717, 1.165) is 10.1 Å². The van der Waals surface area contributed by atoms with Crippen LogP contribution in [0.25, 0.3) is 0 Å².